The van der Waals surface area contributed by atoms with Gasteiger partial charge in [0.1, 0.15) is 16.8 Å². The Hall–Kier alpha value is -1.83. The summed E-state index contributed by atoms with van der Waals surface area (Å²) >= 11 is 4.66. The molecule has 0 aliphatic heterocycles. The molecule has 0 aliphatic rings. The SMILES string of the molecule is CCc1cccc(CC(O)Nc2scc(Br)c2C(=O)OC)c1/C=C\N. The fourth-order valence-electron chi connectivity index (χ4n) is 2.61. The first-order chi connectivity index (χ1) is 12.0. The van der Waals surface area contributed by atoms with E-state index in [1.165, 1.54) is 30.2 Å². The summed E-state index contributed by atoms with van der Waals surface area (Å²) in [5.74, 6) is -0.456. The first-order valence-corrected chi connectivity index (χ1v) is 9.48. The van der Waals surface area contributed by atoms with Crippen LogP contribution in [-0.2, 0) is 17.6 Å². The maximum atomic E-state index is 11.9. The number of aryl methyl sites for hydroxylation is 1. The fourth-order valence-corrected chi connectivity index (χ4v) is 4.23. The molecule has 25 heavy (non-hydrogen) atoms. The summed E-state index contributed by atoms with van der Waals surface area (Å²) in [6, 6.07) is 5.98. The minimum Gasteiger partial charge on any atom is -0.465 e. The smallest absolute Gasteiger partial charge is 0.342 e. The molecule has 1 heterocycles. The molecule has 2 rings (SSSR count). The molecule has 1 atom stereocenters. The average Bonchev–Trinajstić information content (AvgIpc) is 2.96. The van der Waals surface area contributed by atoms with Crippen LogP contribution < -0.4 is 11.1 Å². The zero-order chi connectivity index (χ0) is 18.4. The Morgan fingerprint density at radius 2 is 2.20 bits per heavy atom. The Morgan fingerprint density at radius 3 is 2.84 bits per heavy atom. The molecule has 134 valence electrons. The van der Waals surface area contributed by atoms with Gasteiger partial charge in [-0.1, -0.05) is 25.1 Å². The summed E-state index contributed by atoms with van der Waals surface area (Å²) in [5.41, 5.74) is 9.12. The number of nitrogens with two attached hydrogens (primary N) is 1. The molecule has 5 nitrogen and oxygen atoms in total. The molecule has 0 saturated heterocycles. The largest absolute Gasteiger partial charge is 0.465 e. The van der Waals surface area contributed by atoms with Crippen molar-refractivity contribution in [2.24, 2.45) is 5.73 Å². The van der Waals surface area contributed by atoms with Crippen molar-refractivity contribution in [3.05, 3.63) is 56.5 Å². The monoisotopic (exact) mass is 424 g/mol. The lowest BCUT2D eigenvalue weighted by Gasteiger charge is -2.17. The van der Waals surface area contributed by atoms with Gasteiger partial charge in [0.25, 0.3) is 0 Å². The molecule has 1 aromatic carbocycles. The summed E-state index contributed by atoms with van der Waals surface area (Å²) in [6.45, 7) is 2.08. The number of thiophene rings is 1. The van der Waals surface area contributed by atoms with Crippen LogP contribution in [0.15, 0.2) is 34.3 Å². The first-order valence-electron chi connectivity index (χ1n) is 7.80. The van der Waals surface area contributed by atoms with E-state index in [0.717, 1.165) is 17.5 Å². The van der Waals surface area contributed by atoms with Crippen molar-refractivity contribution in [1.29, 1.82) is 0 Å². The molecule has 0 aliphatic carbocycles. The van der Waals surface area contributed by atoms with E-state index in [1.54, 1.807) is 5.38 Å². The second kappa shape index (κ2) is 9.03. The van der Waals surface area contributed by atoms with Gasteiger partial charge in [-0.25, -0.2) is 4.79 Å². The molecule has 4 N–H and O–H groups in total. The topological polar surface area (TPSA) is 84.6 Å². The van der Waals surface area contributed by atoms with Crippen molar-refractivity contribution < 1.29 is 14.6 Å². The van der Waals surface area contributed by atoms with Gasteiger partial charge in [-0.05, 0) is 51.3 Å². The fraction of sp³-hybridized carbons (Fsp3) is 0.278. The molecule has 0 spiro atoms. The Morgan fingerprint density at radius 1 is 1.48 bits per heavy atom. The highest BCUT2D eigenvalue weighted by molar-refractivity contribution is 9.10. The van der Waals surface area contributed by atoms with Gasteiger partial charge in [-0.3, -0.25) is 0 Å². The maximum absolute atomic E-state index is 11.9. The third-order valence-corrected chi connectivity index (χ3v) is 5.62. The summed E-state index contributed by atoms with van der Waals surface area (Å²) in [4.78, 5) is 11.9. The van der Waals surface area contributed by atoms with E-state index < -0.39 is 12.2 Å². The Labute approximate surface area is 159 Å². The van der Waals surface area contributed by atoms with Crippen molar-refractivity contribution in [2.45, 2.75) is 26.0 Å². The Bertz CT molecular complexity index is 774. The molecular weight excluding hydrogens is 404 g/mol. The van der Waals surface area contributed by atoms with Gasteiger partial charge in [0, 0.05) is 16.3 Å². The van der Waals surface area contributed by atoms with Gasteiger partial charge in [0.05, 0.1) is 7.11 Å². The number of aliphatic hydroxyl groups is 1. The molecule has 0 fully saturated rings. The summed E-state index contributed by atoms with van der Waals surface area (Å²) < 4.78 is 5.43. The van der Waals surface area contributed by atoms with Crippen LogP contribution >= 0.6 is 27.3 Å². The number of rotatable bonds is 7. The second-order valence-electron chi connectivity index (χ2n) is 5.35. The van der Waals surface area contributed by atoms with Gasteiger partial charge in [0.15, 0.2) is 0 Å². The molecule has 0 amide bonds. The van der Waals surface area contributed by atoms with Crippen molar-refractivity contribution in [3.63, 3.8) is 0 Å². The van der Waals surface area contributed by atoms with Crippen LogP contribution in [0.2, 0.25) is 0 Å². The molecular formula is C18H21BrN2O3S. The van der Waals surface area contributed by atoms with Crippen LogP contribution in [0.5, 0.6) is 0 Å². The molecule has 0 radical (unpaired) electrons. The van der Waals surface area contributed by atoms with Crippen LogP contribution in [0.25, 0.3) is 6.08 Å². The molecule has 7 heteroatoms. The minimum absolute atomic E-state index is 0.379. The Kier molecular flexibility index (Phi) is 7.04. The third kappa shape index (κ3) is 4.62. The van der Waals surface area contributed by atoms with Gasteiger partial charge in [-0.2, -0.15) is 0 Å². The summed E-state index contributed by atoms with van der Waals surface area (Å²) in [7, 11) is 1.33. The number of carbonyl (C=O) groups excluding carboxylic acids is 1. The highest BCUT2D eigenvalue weighted by atomic mass is 79.9. The van der Waals surface area contributed by atoms with Crippen molar-refractivity contribution in [3.8, 4) is 0 Å². The van der Waals surface area contributed by atoms with E-state index in [4.69, 9.17) is 10.5 Å². The predicted octanol–water partition coefficient (Wildman–Crippen LogP) is 3.76. The van der Waals surface area contributed by atoms with Gasteiger partial charge in [0.2, 0.25) is 0 Å². The van der Waals surface area contributed by atoms with E-state index in [-0.39, 0.29) is 0 Å². The highest BCUT2D eigenvalue weighted by Gasteiger charge is 2.20. The van der Waals surface area contributed by atoms with E-state index in [0.29, 0.717) is 21.5 Å². The second-order valence-corrected chi connectivity index (χ2v) is 7.08. The zero-order valence-electron chi connectivity index (χ0n) is 14.1. The van der Waals surface area contributed by atoms with Gasteiger partial charge in [-0.15, -0.1) is 11.3 Å². The quantitative estimate of drug-likeness (QED) is 0.465. The third-order valence-electron chi connectivity index (χ3n) is 3.78. The molecule has 1 aromatic heterocycles. The number of hydrogen-bond acceptors (Lipinski definition) is 6. The molecule has 1 unspecified atom stereocenters. The number of hydrogen-bond donors (Lipinski definition) is 3. The summed E-state index contributed by atoms with van der Waals surface area (Å²) in [6.07, 6.45) is 3.75. The lowest BCUT2D eigenvalue weighted by atomic mass is 9.96. The number of anilines is 1. The van der Waals surface area contributed by atoms with Crippen molar-refractivity contribution >= 4 is 44.3 Å². The number of benzene rings is 1. The summed E-state index contributed by atoms with van der Waals surface area (Å²) in [5, 5.41) is 15.8. The van der Waals surface area contributed by atoms with Crippen molar-refractivity contribution in [2.75, 3.05) is 12.4 Å². The number of aliphatic hydroxyl groups excluding tert-OH is 1. The number of esters is 1. The molecule has 0 bridgehead atoms. The van der Waals surface area contributed by atoms with Crippen LogP contribution in [0.4, 0.5) is 5.00 Å². The number of carbonyl (C=O) groups is 1. The zero-order valence-corrected chi connectivity index (χ0v) is 16.5. The van der Waals surface area contributed by atoms with E-state index in [9.17, 15) is 9.90 Å². The maximum Gasteiger partial charge on any atom is 0.342 e. The normalized spacial score (nSPS) is 12.3. The lowest BCUT2D eigenvalue weighted by molar-refractivity contribution is 0.0601. The molecule has 2 aromatic rings. The molecule has 0 saturated carbocycles. The predicted molar refractivity (Wildman–Crippen MR) is 106 cm³/mol. The van der Waals surface area contributed by atoms with Crippen LogP contribution in [0, 0.1) is 0 Å². The van der Waals surface area contributed by atoms with Gasteiger partial charge >= 0.3 is 5.97 Å². The van der Waals surface area contributed by atoms with Crippen LogP contribution in [0.3, 0.4) is 0 Å². The standard InChI is InChI=1S/C18H21BrN2O3S/c1-3-11-5-4-6-12(13(11)7-8-20)9-15(22)21-17-16(18(23)24-2)14(19)10-25-17/h4-8,10,15,21-22H,3,9,20H2,1-2H3/b8-7-. The number of halogens is 1. The first kappa shape index (κ1) is 19.5. The van der Waals surface area contributed by atoms with E-state index in [1.807, 2.05) is 24.3 Å². The van der Waals surface area contributed by atoms with Gasteiger partial charge < -0.3 is 20.9 Å². The lowest BCUT2D eigenvalue weighted by Crippen LogP contribution is -2.22. The van der Waals surface area contributed by atoms with E-state index in [2.05, 4.69) is 28.2 Å². The van der Waals surface area contributed by atoms with Crippen LogP contribution in [0.1, 0.15) is 34.0 Å². The number of methoxy groups -OCH3 is 1. The highest BCUT2D eigenvalue weighted by Crippen LogP contribution is 2.33. The van der Waals surface area contributed by atoms with Crippen molar-refractivity contribution in [1.82, 2.24) is 0 Å². The average molecular weight is 425 g/mol. The number of ether oxygens (including phenoxy) is 1. The number of nitrogens with one attached hydrogen (secondary N) is 1. The van der Waals surface area contributed by atoms with E-state index >= 15 is 0 Å². The Balaban J connectivity index is 2.22. The minimum atomic E-state index is -0.856. The van der Waals surface area contributed by atoms with Crippen LogP contribution in [-0.4, -0.2) is 24.4 Å².